The van der Waals surface area contributed by atoms with Gasteiger partial charge in [0.15, 0.2) is 0 Å². The highest BCUT2D eigenvalue weighted by Gasteiger charge is 2.21. The van der Waals surface area contributed by atoms with Gasteiger partial charge >= 0.3 is 0 Å². The lowest BCUT2D eigenvalue weighted by Gasteiger charge is -2.22. The van der Waals surface area contributed by atoms with E-state index in [4.69, 9.17) is 21.4 Å². The van der Waals surface area contributed by atoms with E-state index in [1.807, 2.05) is 36.4 Å². The number of nitrogen functional groups attached to an aromatic ring is 1. The predicted molar refractivity (Wildman–Crippen MR) is 101 cm³/mol. The van der Waals surface area contributed by atoms with E-state index in [0.29, 0.717) is 11.3 Å². The van der Waals surface area contributed by atoms with Crippen LogP contribution in [0.25, 0.3) is 22.2 Å². The van der Waals surface area contributed by atoms with Crippen LogP contribution in [0.2, 0.25) is 0 Å². The van der Waals surface area contributed by atoms with Crippen molar-refractivity contribution in [2.75, 3.05) is 5.73 Å². The van der Waals surface area contributed by atoms with E-state index in [0.717, 1.165) is 53.4 Å². The van der Waals surface area contributed by atoms with Gasteiger partial charge in [-0.25, -0.2) is 4.98 Å². The zero-order valence-electron chi connectivity index (χ0n) is 13.8. The maximum Gasteiger partial charge on any atom is 0.0991 e. The maximum atomic E-state index is 9.02. The molecule has 0 unspecified atom stereocenters. The van der Waals surface area contributed by atoms with Crippen LogP contribution >= 0.6 is 0 Å². The van der Waals surface area contributed by atoms with Gasteiger partial charge in [0, 0.05) is 28.4 Å². The molecule has 1 heterocycles. The summed E-state index contributed by atoms with van der Waals surface area (Å²) in [4.78, 5) is 4.92. The van der Waals surface area contributed by atoms with E-state index in [1.165, 1.54) is 17.3 Å². The summed E-state index contributed by atoms with van der Waals surface area (Å²) in [7, 11) is 0. The summed E-state index contributed by atoms with van der Waals surface area (Å²) in [5.41, 5.74) is 13.6. The third kappa shape index (κ3) is 2.45. The monoisotopic (exact) mass is 326 g/mol. The second kappa shape index (κ2) is 6.03. The zero-order chi connectivity index (χ0) is 17.4. The molecule has 0 spiro atoms. The van der Waals surface area contributed by atoms with E-state index >= 15 is 0 Å². The van der Waals surface area contributed by atoms with Crippen LogP contribution in [0, 0.1) is 16.7 Å². The first kappa shape index (κ1) is 15.3. The van der Waals surface area contributed by atoms with Crippen LogP contribution in [0.4, 0.5) is 5.69 Å². The first-order valence-electron chi connectivity index (χ1n) is 8.48. The van der Waals surface area contributed by atoms with Crippen LogP contribution in [0.15, 0.2) is 36.4 Å². The molecular formula is C21H18N4. The van der Waals surface area contributed by atoms with Crippen molar-refractivity contribution in [2.45, 2.75) is 25.7 Å². The van der Waals surface area contributed by atoms with Crippen molar-refractivity contribution in [2.24, 2.45) is 0 Å². The quantitative estimate of drug-likeness (QED) is 0.545. The number of nitrogens with two attached hydrogens (primary N) is 1. The number of hydrogen-bond acceptors (Lipinski definition) is 4. The summed E-state index contributed by atoms with van der Waals surface area (Å²) in [6.45, 7) is 0. The lowest BCUT2D eigenvalue weighted by atomic mass is 9.85. The summed E-state index contributed by atoms with van der Waals surface area (Å²) in [6.07, 6.45) is 5.61. The Morgan fingerprint density at radius 2 is 1.76 bits per heavy atom. The van der Waals surface area contributed by atoms with Crippen molar-refractivity contribution in [1.82, 2.24) is 4.98 Å². The lowest BCUT2D eigenvalue weighted by molar-refractivity contribution is 0.689. The Bertz CT molecular complexity index is 1030. The number of fused-ring (bicyclic) bond motifs is 3. The summed E-state index contributed by atoms with van der Waals surface area (Å²) >= 11 is 0. The summed E-state index contributed by atoms with van der Waals surface area (Å²) in [6, 6.07) is 13.5. The topological polar surface area (TPSA) is 86.6 Å². The molecule has 0 aliphatic heterocycles. The molecule has 0 saturated carbocycles. The highest BCUT2D eigenvalue weighted by molar-refractivity contribution is 6.05. The fourth-order valence-corrected chi connectivity index (χ4v) is 3.76. The van der Waals surface area contributed by atoms with Gasteiger partial charge in [0.05, 0.1) is 22.8 Å². The molecule has 4 heteroatoms. The Kier molecular flexibility index (Phi) is 3.70. The Morgan fingerprint density at radius 3 is 2.44 bits per heavy atom. The molecule has 1 aliphatic carbocycles. The van der Waals surface area contributed by atoms with E-state index in [1.54, 1.807) is 0 Å². The van der Waals surface area contributed by atoms with Crippen LogP contribution in [0.5, 0.6) is 0 Å². The average molecular weight is 326 g/mol. The number of anilines is 1. The van der Waals surface area contributed by atoms with Gasteiger partial charge in [0.2, 0.25) is 0 Å². The van der Waals surface area contributed by atoms with Gasteiger partial charge in [-0.05, 0) is 61.1 Å². The number of benzene rings is 2. The molecule has 4 rings (SSSR count). The molecular weight excluding hydrogens is 308 g/mol. The molecule has 0 saturated heterocycles. The van der Waals surface area contributed by atoms with Crippen LogP contribution in [-0.4, -0.2) is 11.2 Å². The first-order chi connectivity index (χ1) is 12.2. The van der Waals surface area contributed by atoms with Gasteiger partial charge < -0.3 is 11.1 Å². The average Bonchev–Trinajstić information content (AvgIpc) is 2.67. The Balaban J connectivity index is 2.04. The molecule has 2 aromatic carbocycles. The highest BCUT2D eigenvalue weighted by atomic mass is 14.7. The van der Waals surface area contributed by atoms with Crippen molar-refractivity contribution in [3.8, 4) is 17.3 Å². The minimum Gasteiger partial charge on any atom is -0.398 e. The zero-order valence-corrected chi connectivity index (χ0v) is 13.8. The molecule has 0 radical (unpaired) electrons. The minimum absolute atomic E-state index is 0.628. The van der Waals surface area contributed by atoms with Crippen molar-refractivity contribution >= 4 is 22.8 Å². The molecule has 25 heavy (non-hydrogen) atoms. The smallest absolute Gasteiger partial charge is 0.0991 e. The van der Waals surface area contributed by atoms with Gasteiger partial charge in [-0.15, -0.1) is 0 Å². The molecule has 0 bridgehead atoms. The normalized spacial score (nSPS) is 13.2. The molecule has 4 nitrogen and oxygen atoms in total. The number of nitriles is 1. The fraction of sp³-hybridized carbons (Fsp3) is 0.190. The summed E-state index contributed by atoms with van der Waals surface area (Å²) in [5.74, 6) is 0. The largest absolute Gasteiger partial charge is 0.398 e. The number of hydrogen-bond donors (Lipinski definition) is 2. The number of aromatic nitrogens is 1. The third-order valence-corrected chi connectivity index (χ3v) is 4.98. The molecule has 3 N–H and O–H groups in total. The van der Waals surface area contributed by atoms with Gasteiger partial charge in [-0.1, -0.05) is 12.1 Å². The SMILES string of the molecule is N#Cc1ccc(-c2nc3ccc(N)c(C=N)c3c3c2CCCC3)cc1. The molecule has 1 aliphatic rings. The van der Waals surface area contributed by atoms with Crippen LogP contribution in [-0.2, 0) is 12.8 Å². The van der Waals surface area contributed by atoms with Crippen molar-refractivity contribution < 1.29 is 0 Å². The van der Waals surface area contributed by atoms with Crippen molar-refractivity contribution in [3.63, 3.8) is 0 Å². The lowest BCUT2D eigenvalue weighted by Crippen LogP contribution is -2.09. The van der Waals surface area contributed by atoms with Crippen LogP contribution in [0.3, 0.4) is 0 Å². The van der Waals surface area contributed by atoms with Crippen molar-refractivity contribution in [3.05, 3.63) is 58.7 Å². The van der Waals surface area contributed by atoms with E-state index in [9.17, 15) is 0 Å². The first-order valence-corrected chi connectivity index (χ1v) is 8.48. The second-order valence-corrected chi connectivity index (χ2v) is 6.42. The number of nitrogens with one attached hydrogen (secondary N) is 1. The molecule has 0 atom stereocenters. The number of nitrogens with zero attached hydrogens (tertiary/aromatic N) is 2. The molecule has 3 aromatic rings. The highest BCUT2D eigenvalue weighted by Crippen LogP contribution is 2.37. The fourth-order valence-electron chi connectivity index (χ4n) is 3.76. The van der Waals surface area contributed by atoms with Crippen LogP contribution < -0.4 is 5.73 Å². The third-order valence-electron chi connectivity index (χ3n) is 4.98. The molecule has 1 aromatic heterocycles. The summed E-state index contributed by atoms with van der Waals surface area (Å²) < 4.78 is 0. The van der Waals surface area contributed by atoms with Crippen LogP contribution in [0.1, 0.15) is 35.1 Å². The van der Waals surface area contributed by atoms with Gasteiger partial charge in [0.25, 0.3) is 0 Å². The molecule has 122 valence electrons. The van der Waals surface area contributed by atoms with Gasteiger partial charge in [-0.3, -0.25) is 0 Å². The number of rotatable bonds is 2. The maximum absolute atomic E-state index is 9.02. The number of pyridine rings is 1. The molecule has 0 fully saturated rings. The van der Waals surface area contributed by atoms with Crippen molar-refractivity contribution in [1.29, 1.82) is 10.7 Å². The Morgan fingerprint density at radius 1 is 1.04 bits per heavy atom. The number of aryl methyl sites for hydroxylation is 1. The van der Waals surface area contributed by atoms with Gasteiger partial charge in [0.1, 0.15) is 0 Å². The minimum atomic E-state index is 0.628. The van der Waals surface area contributed by atoms with E-state index < -0.39 is 0 Å². The standard InChI is InChI=1S/C21H18N4/c22-11-13-5-7-14(8-6-13)21-16-4-2-1-3-15(16)20-17(12-23)18(24)9-10-19(20)25-21/h5-10,12,23H,1-4,24H2. The second-order valence-electron chi connectivity index (χ2n) is 6.42. The van der Waals surface area contributed by atoms with E-state index in [2.05, 4.69) is 6.07 Å². The Labute approximate surface area is 146 Å². The van der Waals surface area contributed by atoms with Gasteiger partial charge in [-0.2, -0.15) is 5.26 Å². The molecule has 0 amide bonds. The predicted octanol–water partition coefficient (Wildman–Crippen LogP) is 4.23. The van der Waals surface area contributed by atoms with E-state index in [-0.39, 0.29) is 0 Å². The Hall–Kier alpha value is -3.19. The summed E-state index contributed by atoms with van der Waals surface area (Å²) in [5, 5.41) is 17.8.